The molecule has 0 aromatic carbocycles. The Morgan fingerprint density at radius 3 is 2.28 bits per heavy atom. The fourth-order valence-electron chi connectivity index (χ4n) is 1.58. The zero-order chi connectivity index (χ0) is 13.5. The van der Waals surface area contributed by atoms with E-state index in [0.717, 1.165) is 24.6 Å². The van der Waals surface area contributed by atoms with Crippen LogP contribution in [-0.4, -0.2) is 48.2 Å². The molecule has 0 amide bonds. The third-order valence-corrected chi connectivity index (χ3v) is 2.64. The van der Waals surface area contributed by atoms with Gasteiger partial charge < -0.3 is 14.9 Å². The fourth-order valence-corrected chi connectivity index (χ4v) is 1.58. The summed E-state index contributed by atoms with van der Waals surface area (Å²) >= 11 is 0. The smallest absolute Gasteiger partial charge is 0.305 e. The molecular weight excluding hydrogens is 232 g/mol. The molecule has 1 rings (SSSR count). The second kappa shape index (κ2) is 6.78. The number of aliphatic carboxylic acids is 1. The number of anilines is 2. The first-order valence-corrected chi connectivity index (χ1v) is 6.00. The van der Waals surface area contributed by atoms with Gasteiger partial charge in [-0.3, -0.25) is 4.79 Å². The molecule has 1 heterocycles. The lowest BCUT2D eigenvalue weighted by molar-refractivity contribution is -0.136. The van der Waals surface area contributed by atoms with Gasteiger partial charge in [-0.1, -0.05) is 6.92 Å². The second-order valence-electron chi connectivity index (χ2n) is 4.22. The molecule has 6 heteroatoms. The number of rotatable bonds is 7. The molecule has 0 saturated heterocycles. The van der Waals surface area contributed by atoms with Gasteiger partial charge in [0.2, 0.25) is 0 Å². The van der Waals surface area contributed by atoms with E-state index in [1.807, 2.05) is 25.1 Å². The minimum absolute atomic E-state index is 0.0979. The Bertz CT molecular complexity index is 397. The maximum Gasteiger partial charge on any atom is 0.305 e. The van der Waals surface area contributed by atoms with Crippen molar-refractivity contribution in [1.29, 1.82) is 0 Å². The third-order valence-electron chi connectivity index (χ3n) is 2.64. The molecule has 1 aromatic heterocycles. The minimum Gasteiger partial charge on any atom is -0.481 e. The summed E-state index contributed by atoms with van der Waals surface area (Å²) in [5, 5.41) is 8.65. The predicted octanol–water partition coefficient (Wildman–Crippen LogP) is 1.23. The van der Waals surface area contributed by atoms with Crippen LogP contribution in [-0.2, 0) is 4.79 Å². The number of hydrogen-bond acceptors (Lipinski definition) is 5. The van der Waals surface area contributed by atoms with Gasteiger partial charge in [0, 0.05) is 33.3 Å². The standard InChI is InChI=1S/C12H20N4O2/c1-4-6-15(2)10-8-11(14-9-13-10)16(3)7-5-12(17)18/h8-9H,4-7H2,1-3H3,(H,17,18). The number of carboxylic acids is 1. The van der Waals surface area contributed by atoms with E-state index in [-0.39, 0.29) is 6.42 Å². The largest absolute Gasteiger partial charge is 0.481 e. The highest BCUT2D eigenvalue weighted by Crippen LogP contribution is 2.15. The van der Waals surface area contributed by atoms with Crippen LogP contribution in [0, 0.1) is 0 Å². The molecule has 0 radical (unpaired) electrons. The van der Waals surface area contributed by atoms with E-state index < -0.39 is 5.97 Å². The highest BCUT2D eigenvalue weighted by molar-refractivity contribution is 5.67. The molecule has 6 nitrogen and oxygen atoms in total. The first-order chi connectivity index (χ1) is 8.54. The summed E-state index contributed by atoms with van der Waals surface area (Å²) in [6, 6.07) is 1.87. The van der Waals surface area contributed by atoms with E-state index in [2.05, 4.69) is 21.8 Å². The number of hydrogen-bond donors (Lipinski definition) is 1. The van der Waals surface area contributed by atoms with Crippen LogP contribution in [0.5, 0.6) is 0 Å². The molecule has 18 heavy (non-hydrogen) atoms. The van der Waals surface area contributed by atoms with E-state index in [9.17, 15) is 4.79 Å². The summed E-state index contributed by atoms with van der Waals surface area (Å²) in [6.07, 6.45) is 2.65. The first-order valence-electron chi connectivity index (χ1n) is 6.00. The summed E-state index contributed by atoms with van der Waals surface area (Å²) in [7, 11) is 3.81. The van der Waals surface area contributed by atoms with Crippen molar-refractivity contribution in [1.82, 2.24) is 9.97 Å². The maximum absolute atomic E-state index is 10.5. The first kappa shape index (κ1) is 14.2. The van der Waals surface area contributed by atoms with Crippen LogP contribution in [0.25, 0.3) is 0 Å². The number of carboxylic acid groups (broad SMARTS) is 1. The summed E-state index contributed by atoms with van der Waals surface area (Å²) in [5.41, 5.74) is 0. The van der Waals surface area contributed by atoms with Crippen molar-refractivity contribution in [2.75, 3.05) is 37.0 Å². The molecule has 0 aliphatic rings. The van der Waals surface area contributed by atoms with Gasteiger partial charge in [0.25, 0.3) is 0 Å². The lowest BCUT2D eigenvalue weighted by Gasteiger charge is -2.21. The van der Waals surface area contributed by atoms with E-state index in [1.54, 1.807) is 0 Å². The fraction of sp³-hybridized carbons (Fsp3) is 0.583. The molecular formula is C12H20N4O2. The van der Waals surface area contributed by atoms with Gasteiger partial charge in [-0.15, -0.1) is 0 Å². The summed E-state index contributed by atoms with van der Waals surface area (Å²) in [6.45, 7) is 3.47. The molecule has 1 aromatic rings. The lowest BCUT2D eigenvalue weighted by Crippen LogP contribution is -2.24. The van der Waals surface area contributed by atoms with Gasteiger partial charge in [-0.25, -0.2) is 9.97 Å². The summed E-state index contributed by atoms with van der Waals surface area (Å²) < 4.78 is 0. The van der Waals surface area contributed by atoms with Gasteiger partial charge in [0.1, 0.15) is 18.0 Å². The molecule has 0 aliphatic heterocycles. The van der Waals surface area contributed by atoms with Crippen molar-refractivity contribution in [3.05, 3.63) is 12.4 Å². The zero-order valence-electron chi connectivity index (χ0n) is 11.1. The average Bonchev–Trinajstić information content (AvgIpc) is 2.36. The lowest BCUT2D eigenvalue weighted by atomic mass is 10.3. The topological polar surface area (TPSA) is 69.6 Å². The number of carbonyl (C=O) groups is 1. The SMILES string of the molecule is CCCN(C)c1cc(N(C)CCC(=O)O)ncn1. The minimum atomic E-state index is -0.806. The number of aromatic nitrogens is 2. The van der Waals surface area contributed by atoms with Crippen LogP contribution in [0.2, 0.25) is 0 Å². The van der Waals surface area contributed by atoms with E-state index in [0.29, 0.717) is 6.54 Å². The highest BCUT2D eigenvalue weighted by atomic mass is 16.4. The second-order valence-corrected chi connectivity index (χ2v) is 4.22. The summed E-state index contributed by atoms with van der Waals surface area (Å²) in [4.78, 5) is 22.8. The van der Waals surface area contributed by atoms with E-state index in [4.69, 9.17) is 5.11 Å². The van der Waals surface area contributed by atoms with Gasteiger partial charge in [-0.05, 0) is 6.42 Å². The van der Waals surface area contributed by atoms with Gasteiger partial charge >= 0.3 is 5.97 Å². The molecule has 0 fully saturated rings. The van der Waals surface area contributed by atoms with Crippen LogP contribution in [0.1, 0.15) is 19.8 Å². The van der Waals surface area contributed by atoms with Crippen LogP contribution >= 0.6 is 0 Å². The Morgan fingerprint density at radius 2 is 1.78 bits per heavy atom. The Morgan fingerprint density at radius 1 is 1.22 bits per heavy atom. The van der Waals surface area contributed by atoms with Crippen LogP contribution in [0.3, 0.4) is 0 Å². The van der Waals surface area contributed by atoms with Crippen molar-refractivity contribution in [3.63, 3.8) is 0 Å². The van der Waals surface area contributed by atoms with Gasteiger partial charge in [0.15, 0.2) is 0 Å². The maximum atomic E-state index is 10.5. The third kappa shape index (κ3) is 4.20. The molecule has 0 aliphatic carbocycles. The van der Waals surface area contributed by atoms with Crippen molar-refractivity contribution in [2.45, 2.75) is 19.8 Å². The van der Waals surface area contributed by atoms with Crippen LogP contribution in [0.4, 0.5) is 11.6 Å². The zero-order valence-corrected chi connectivity index (χ0v) is 11.1. The Balaban J connectivity index is 2.71. The van der Waals surface area contributed by atoms with Crippen molar-refractivity contribution >= 4 is 17.6 Å². The molecule has 0 bridgehead atoms. The van der Waals surface area contributed by atoms with E-state index in [1.165, 1.54) is 6.33 Å². The molecule has 0 spiro atoms. The monoisotopic (exact) mass is 252 g/mol. The number of nitrogens with zero attached hydrogens (tertiary/aromatic N) is 4. The quantitative estimate of drug-likeness (QED) is 0.787. The molecule has 0 atom stereocenters. The summed E-state index contributed by atoms with van der Waals surface area (Å²) in [5.74, 6) is 0.785. The Labute approximate surface area is 107 Å². The van der Waals surface area contributed by atoms with Crippen molar-refractivity contribution < 1.29 is 9.90 Å². The van der Waals surface area contributed by atoms with Crippen molar-refractivity contribution in [2.24, 2.45) is 0 Å². The average molecular weight is 252 g/mol. The Kier molecular flexibility index (Phi) is 5.35. The van der Waals surface area contributed by atoms with E-state index >= 15 is 0 Å². The van der Waals surface area contributed by atoms with Crippen molar-refractivity contribution in [3.8, 4) is 0 Å². The Hall–Kier alpha value is -1.85. The van der Waals surface area contributed by atoms with Crippen LogP contribution in [0.15, 0.2) is 12.4 Å². The molecule has 0 unspecified atom stereocenters. The predicted molar refractivity (Wildman–Crippen MR) is 71.1 cm³/mol. The van der Waals surface area contributed by atoms with Crippen LogP contribution < -0.4 is 9.80 Å². The molecule has 0 saturated carbocycles. The molecule has 1 N–H and O–H groups in total. The normalized spacial score (nSPS) is 10.2. The molecule has 100 valence electrons. The van der Waals surface area contributed by atoms with Gasteiger partial charge in [0.05, 0.1) is 6.42 Å². The highest BCUT2D eigenvalue weighted by Gasteiger charge is 2.08. The van der Waals surface area contributed by atoms with Gasteiger partial charge in [-0.2, -0.15) is 0 Å².